The maximum absolute atomic E-state index is 5.41. The van der Waals surface area contributed by atoms with E-state index in [2.05, 4.69) is 37.1 Å². The van der Waals surface area contributed by atoms with Crippen molar-refractivity contribution in [2.24, 2.45) is 5.92 Å². The molecule has 1 aromatic heterocycles. The molecule has 108 valence electrons. The van der Waals surface area contributed by atoms with Crippen molar-refractivity contribution in [3.63, 3.8) is 0 Å². The number of hydrogen-bond donors (Lipinski definition) is 1. The smallest absolute Gasteiger partial charge is 0.105 e. The molecule has 3 nitrogen and oxygen atoms in total. The SMILES string of the molecule is CC(Cc1ccco1)NCC(C(C)C)N1CCCC1. The number of hydrogen-bond acceptors (Lipinski definition) is 3. The van der Waals surface area contributed by atoms with Crippen molar-refractivity contribution in [1.82, 2.24) is 10.2 Å². The molecule has 0 saturated carbocycles. The molecule has 1 N–H and O–H groups in total. The molecule has 1 saturated heterocycles. The van der Waals surface area contributed by atoms with Crippen molar-refractivity contribution in [2.45, 2.75) is 52.1 Å². The van der Waals surface area contributed by atoms with Crippen LogP contribution in [0.4, 0.5) is 0 Å². The van der Waals surface area contributed by atoms with E-state index in [0.717, 1.165) is 18.7 Å². The second-order valence-electron chi connectivity index (χ2n) is 6.15. The lowest BCUT2D eigenvalue weighted by Gasteiger charge is -2.32. The Labute approximate surface area is 117 Å². The van der Waals surface area contributed by atoms with E-state index in [0.29, 0.717) is 18.0 Å². The van der Waals surface area contributed by atoms with Crippen molar-refractivity contribution < 1.29 is 4.42 Å². The minimum Gasteiger partial charge on any atom is -0.469 e. The van der Waals surface area contributed by atoms with Gasteiger partial charge in [-0.2, -0.15) is 0 Å². The summed E-state index contributed by atoms with van der Waals surface area (Å²) < 4.78 is 5.41. The molecule has 1 aromatic rings. The molecular weight excluding hydrogens is 236 g/mol. The molecule has 0 radical (unpaired) electrons. The van der Waals surface area contributed by atoms with Crippen LogP contribution in [0.1, 0.15) is 39.4 Å². The fourth-order valence-corrected chi connectivity index (χ4v) is 2.98. The number of nitrogens with one attached hydrogen (secondary N) is 1. The summed E-state index contributed by atoms with van der Waals surface area (Å²) in [5.41, 5.74) is 0. The third kappa shape index (κ3) is 4.36. The zero-order chi connectivity index (χ0) is 13.7. The summed E-state index contributed by atoms with van der Waals surface area (Å²) in [4.78, 5) is 2.65. The summed E-state index contributed by atoms with van der Waals surface area (Å²) in [6.07, 6.45) is 5.46. The van der Waals surface area contributed by atoms with Gasteiger partial charge in [0.05, 0.1) is 6.26 Å². The van der Waals surface area contributed by atoms with Crippen LogP contribution in [0, 0.1) is 5.92 Å². The van der Waals surface area contributed by atoms with Gasteiger partial charge in [-0.15, -0.1) is 0 Å². The molecule has 2 unspecified atom stereocenters. The summed E-state index contributed by atoms with van der Waals surface area (Å²) in [6, 6.07) is 5.15. The minimum absolute atomic E-state index is 0.468. The highest BCUT2D eigenvalue weighted by Gasteiger charge is 2.24. The van der Waals surface area contributed by atoms with Gasteiger partial charge >= 0.3 is 0 Å². The van der Waals surface area contributed by atoms with Crippen molar-refractivity contribution in [3.05, 3.63) is 24.2 Å². The van der Waals surface area contributed by atoms with E-state index in [4.69, 9.17) is 4.42 Å². The summed E-state index contributed by atoms with van der Waals surface area (Å²) in [7, 11) is 0. The Kier molecular flexibility index (Phi) is 5.46. The molecule has 0 spiro atoms. The molecule has 2 heterocycles. The quantitative estimate of drug-likeness (QED) is 0.821. The molecule has 3 heteroatoms. The van der Waals surface area contributed by atoms with Crippen molar-refractivity contribution in [2.75, 3.05) is 19.6 Å². The van der Waals surface area contributed by atoms with E-state index in [1.165, 1.54) is 25.9 Å². The van der Waals surface area contributed by atoms with Crippen LogP contribution in [-0.2, 0) is 6.42 Å². The van der Waals surface area contributed by atoms with Crippen LogP contribution >= 0.6 is 0 Å². The lowest BCUT2D eigenvalue weighted by Crippen LogP contribution is -2.46. The Morgan fingerprint density at radius 3 is 2.58 bits per heavy atom. The van der Waals surface area contributed by atoms with E-state index >= 15 is 0 Å². The Balaban J connectivity index is 1.77. The van der Waals surface area contributed by atoms with Gasteiger partial charge in [-0.1, -0.05) is 13.8 Å². The van der Waals surface area contributed by atoms with E-state index in [1.54, 1.807) is 6.26 Å². The van der Waals surface area contributed by atoms with E-state index in [1.807, 2.05) is 6.07 Å². The van der Waals surface area contributed by atoms with Gasteiger partial charge in [0.25, 0.3) is 0 Å². The molecular formula is C16H28N2O. The van der Waals surface area contributed by atoms with Gasteiger partial charge in [-0.3, -0.25) is 4.90 Å². The second-order valence-corrected chi connectivity index (χ2v) is 6.15. The fraction of sp³-hybridized carbons (Fsp3) is 0.750. The average Bonchev–Trinajstić information content (AvgIpc) is 3.01. The first-order valence-corrected chi connectivity index (χ1v) is 7.66. The normalized spacial score (nSPS) is 20.0. The van der Waals surface area contributed by atoms with Crippen LogP contribution < -0.4 is 5.32 Å². The second kappa shape index (κ2) is 7.11. The van der Waals surface area contributed by atoms with Crippen molar-refractivity contribution >= 4 is 0 Å². The van der Waals surface area contributed by atoms with Crippen molar-refractivity contribution in [1.29, 1.82) is 0 Å². The standard InChI is InChI=1S/C16H28N2O/c1-13(2)16(18-8-4-5-9-18)12-17-14(3)11-15-7-6-10-19-15/h6-7,10,13-14,16-17H,4-5,8-9,11-12H2,1-3H3. The lowest BCUT2D eigenvalue weighted by molar-refractivity contribution is 0.182. The molecule has 2 atom stereocenters. The van der Waals surface area contributed by atoms with Crippen LogP contribution in [0.15, 0.2) is 22.8 Å². The zero-order valence-corrected chi connectivity index (χ0v) is 12.6. The predicted molar refractivity (Wildman–Crippen MR) is 79.3 cm³/mol. The first-order chi connectivity index (χ1) is 9.16. The number of likely N-dealkylation sites (tertiary alicyclic amines) is 1. The Hall–Kier alpha value is -0.800. The van der Waals surface area contributed by atoms with Gasteiger partial charge < -0.3 is 9.73 Å². The first-order valence-electron chi connectivity index (χ1n) is 7.66. The predicted octanol–water partition coefficient (Wildman–Crippen LogP) is 2.92. The van der Waals surface area contributed by atoms with Crippen LogP contribution in [0.2, 0.25) is 0 Å². The van der Waals surface area contributed by atoms with E-state index in [-0.39, 0.29) is 0 Å². The fourth-order valence-electron chi connectivity index (χ4n) is 2.98. The van der Waals surface area contributed by atoms with Gasteiger partial charge in [-0.25, -0.2) is 0 Å². The molecule has 2 rings (SSSR count). The Morgan fingerprint density at radius 2 is 2.00 bits per heavy atom. The maximum atomic E-state index is 5.41. The average molecular weight is 264 g/mol. The third-order valence-corrected chi connectivity index (χ3v) is 4.14. The highest BCUT2D eigenvalue weighted by atomic mass is 16.3. The molecule has 1 aliphatic heterocycles. The summed E-state index contributed by atoms with van der Waals surface area (Å²) in [5, 5.41) is 3.68. The van der Waals surface area contributed by atoms with Crippen LogP contribution in [0.3, 0.4) is 0 Å². The molecule has 1 aliphatic rings. The Bertz CT molecular complexity index is 342. The van der Waals surface area contributed by atoms with E-state index < -0.39 is 0 Å². The van der Waals surface area contributed by atoms with Gasteiger partial charge in [0, 0.05) is 25.0 Å². The van der Waals surface area contributed by atoms with Crippen molar-refractivity contribution in [3.8, 4) is 0 Å². The molecule has 1 fully saturated rings. The third-order valence-electron chi connectivity index (χ3n) is 4.14. The molecule has 0 aliphatic carbocycles. The van der Waals surface area contributed by atoms with Gasteiger partial charge in [0.15, 0.2) is 0 Å². The molecule has 0 amide bonds. The Morgan fingerprint density at radius 1 is 1.26 bits per heavy atom. The summed E-state index contributed by atoms with van der Waals surface area (Å²) >= 11 is 0. The largest absolute Gasteiger partial charge is 0.469 e. The number of nitrogens with zero attached hydrogens (tertiary/aromatic N) is 1. The number of furan rings is 1. The first kappa shape index (κ1) is 14.6. The van der Waals surface area contributed by atoms with Crippen LogP contribution in [-0.4, -0.2) is 36.6 Å². The van der Waals surface area contributed by atoms with E-state index in [9.17, 15) is 0 Å². The zero-order valence-electron chi connectivity index (χ0n) is 12.6. The maximum Gasteiger partial charge on any atom is 0.105 e. The highest BCUT2D eigenvalue weighted by Crippen LogP contribution is 2.17. The summed E-state index contributed by atoms with van der Waals surface area (Å²) in [5.74, 6) is 1.78. The van der Waals surface area contributed by atoms with Gasteiger partial charge in [0.1, 0.15) is 5.76 Å². The van der Waals surface area contributed by atoms with Crippen LogP contribution in [0.25, 0.3) is 0 Å². The van der Waals surface area contributed by atoms with Gasteiger partial charge in [-0.05, 0) is 50.9 Å². The molecule has 0 aromatic carbocycles. The molecule has 19 heavy (non-hydrogen) atoms. The minimum atomic E-state index is 0.468. The number of rotatable bonds is 7. The highest BCUT2D eigenvalue weighted by molar-refractivity contribution is 5.00. The van der Waals surface area contributed by atoms with Gasteiger partial charge in [0.2, 0.25) is 0 Å². The van der Waals surface area contributed by atoms with Crippen LogP contribution in [0.5, 0.6) is 0 Å². The topological polar surface area (TPSA) is 28.4 Å². The molecule has 0 bridgehead atoms. The summed E-state index contributed by atoms with van der Waals surface area (Å²) in [6.45, 7) is 10.5. The lowest BCUT2D eigenvalue weighted by atomic mass is 10.0. The monoisotopic (exact) mass is 264 g/mol.